The van der Waals surface area contributed by atoms with Crippen LogP contribution >= 0.6 is 0 Å². The molecule has 0 saturated heterocycles. The fourth-order valence-corrected chi connectivity index (χ4v) is 3.10. The van der Waals surface area contributed by atoms with Crippen LogP contribution in [0.4, 0.5) is 0 Å². The maximum absolute atomic E-state index is 10.0. The van der Waals surface area contributed by atoms with Crippen molar-refractivity contribution in [3.63, 3.8) is 0 Å². The number of aromatic hydroxyl groups is 1. The van der Waals surface area contributed by atoms with E-state index in [1.165, 1.54) is 0 Å². The second kappa shape index (κ2) is 5.31. The lowest BCUT2D eigenvalue weighted by Crippen LogP contribution is -2.50. The lowest BCUT2D eigenvalue weighted by Gasteiger charge is -2.29. The fourth-order valence-electron chi connectivity index (χ4n) is 3.10. The molecule has 4 rings (SSSR count). The molecule has 0 radical (unpaired) electrons. The van der Waals surface area contributed by atoms with Gasteiger partial charge in [-0.3, -0.25) is 4.90 Å². The van der Waals surface area contributed by atoms with Gasteiger partial charge in [0.1, 0.15) is 12.0 Å². The summed E-state index contributed by atoms with van der Waals surface area (Å²) >= 11 is 0. The van der Waals surface area contributed by atoms with Crippen LogP contribution < -0.4 is 11.5 Å². The summed E-state index contributed by atoms with van der Waals surface area (Å²) in [5, 5.41) is 19.5. The van der Waals surface area contributed by atoms with Crippen LogP contribution in [0, 0.1) is 0 Å². The van der Waals surface area contributed by atoms with Crippen LogP contribution in [0.15, 0.2) is 30.3 Å². The molecule has 0 atom stereocenters. The normalized spacial score (nSPS) is 15.3. The van der Waals surface area contributed by atoms with Gasteiger partial charge in [0.15, 0.2) is 5.65 Å². The molecular weight excluding hydrogens is 292 g/mol. The number of nitrogens with one attached hydrogen (secondary N) is 1. The summed E-state index contributed by atoms with van der Waals surface area (Å²) < 4.78 is 0. The minimum atomic E-state index is -0.472. The number of hydrogen-bond donors (Lipinski definition) is 4. The molecule has 1 aliphatic rings. The molecule has 7 nitrogen and oxygen atoms in total. The van der Waals surface area contributed by atoms with Gasteiger partial charge in [-0.15, -0.1) is 10.2 Å². The van der Waals surface area contributed by atoms with E-state index in [-0.39, 0.29) is 5.75 Å². The van der Waals surface area contributed by atoms with Gasteiger partial charge in [-0.1, -0.05) is 12.1 Å². The standard InChI is InChI=1S/C16H18N6O/c17-16(18)22-6-5-12-11(8-22)10-7-13(20-21-15(10)19-12)9-3-1-2-4-14(9)23/h1-4,7,16,23H,5-6,8,17-18H2,(H,19,21). The number of nitrogens with two attached hydrogens (primary N) is 2. The van der Waals surface area contributed by atoms with Crippen molar-refractivity contribution in [2.45, 2.75) is 19.3 Å². The molecule has 7 heteroatoms. The van der Waals surface area contributed by atoms with Gasteiger partial charge in [-0.05, 0) is 23.8 Å². The molecule has 118 valence electrons. The van der Waals surface area contributed by atoms with Crippen molar-refractivity contribution in [3.05, 3.63) is 41.6 Å². The maximum Gasteiger partial charge on any atom is 0.160 e. The first-order chi connectivity index (χ1) is 11.1. The Morgan fingerprint density at radius 2 is 2.04 bits per heavy atom. The quantitative estimate of drug-likeness (QED) is 0.522. The third kappa shape index (κ3) is 2.35. The third-order valence-corrected chi connectivity index (χ3v) is 4.36. The average Bonchev–Trinajstić information content (AvgIpc) is 2.92. The van der Waals surface area contributed by atoms with Crippen molar-refractivity contribution in [3.8, 4) is 17.0 Å². The van der Waals surface area contributed by atoms with Crippen LogP contribution in [0.3, 0.4) is 0 Å². The molecule has 1 aliphatic heterocycles. The smallest absolute Gasteiger partial charge is 0.160 e. The van der Waals surface area contributed by atoms with E-state index in [1.54, 1.807) is 12.1 Å². The molecule has 0 fully saturated rings. The van der Waals surface area contributed by atoms with E-state index in [4.69, 9.17) is 11.5 Å². The van der Waals surface area contributed by atoms with E-state index in [2.05, 4.69) is 15.2 Å². The Morgan fingerprint density at radius 3 is 2.83 bits per heavy atom. The van der Waals surface area contributed by atoms with E-state index < -0.39 is 6.29 Å². The van der Waals surface area contributed by atoms with Gasteiger partial charge in [0.2, 0.25) is 0 Å². The maximum atomic E-state index is 10.0. The average molecular weight is 310 g/mol. The first-order valence-corrected chi connectivity index (χ1v) is 7.54. The Hall–Kier alpha value is -2.48. The highest BCUT2D eigenvalue weighted by atomic mass is 16.3. The van der Waals surface area contributed by atoms with Gasteiger partial charge in [0.25, 0.3) is 0 Å². The van der Waals surface area contributed by atoms with Crippen molar-refractivity contribution in [2.24, 2.45) is 11.5 Å². The van der Waals surface area contributed by atoms with Crippen molar-refractivity contribution in [1.29, 1.82) is 0 Å². The van der Waals surface area contributed by atoms with Crippen LogP contribution in [-0.2, 0) is 13.0 Å². The second-order valence-electron chi connectivity index (χ2n) is 5.80. The largest absolute Gasteiger partial charge is 0.507 e. The van der Waals surface area contributed by atoms with Crippen molar-refractivity contribution < 1.29 is 5.11 Å². The Labute approximate surface area is 132 Å². The predicted molar refractivity (Wildman–Crippen MR) is 87.3 cm³/mol. The van der Waals surface area contributed by atoms with Gasteiger partial charge in [0.05, 0.1) is 5.69 Å². The van der Waals surface area contributed by atoms with Crippen LogP contribution in [0.5, 0.6) is 5.75 Å². The van der Waals surface area contributed by atoms with Crippen LogP contribution in [-0.4, -0.2) is 38.0 Å². The highest BCUT2D eigenvalue weighted by Gasteiger charge is 2.23. The minimum Gasteiger partial charge on any atom is -0.507 e. The monoisotopic (exact) mass is 310 g/mol. The van der Waals surface area contributed by atoms with Crippen molar-refractivity contribution >= 4 is 11.0 Å². The molecule has 1 aromatic carbocycles. The summed E-state index contributed by atoms with van der Waals surface area (Å²) in [7, 11) is 0. The van der Waals surface area contributed by atoms with Crippen LogP contribution in [0.2, 0.25) is 0 Å². The Balaban J connectivity index is 1.83. The van der Waals surface area contributed by atoms with E-state index in [1.807, 2.05) is 23.1 Å². The summed E-state index contributed by atoms with van der Waals surface area (Å²) in [6.45, 7) is 1.50. The SMILES string of the molecule is NC(N)N1CCc2[nH]c3nnc(-c4ccccc4O)cc3c2C1. The van der Waals surface area contributed by atoms with E-state index >= 15 is 0 Å². The second-order valence-corrected chi connectivity index (χ2v) is 5.80. The lowest BCUT2D eigenvalue weighted by atomic mass is 10.0. The molecule has 0 unspecified atom stereocenters. The molecule has 0 spiro atoms. The zero-order valence-electron chi connectivity index (χ0n) is 12.5. The number of fused-ring (bicyclic) bond motifs is 3. The third-order valence-electron chi connectivity index (χ3n) is 4.36. The molecule has 0 bridgehead atoms. The fraction of sp³-hybridized carbons (Fsp3) is 0.250. The minimum absolute atomic E-state index is 0.191. The number of nitrogens with zero attached hydrogens (tertiary/aromatic N) is 3. The summed E-state index contributed by atoms with van der Waals surface area (Å²) in [6.07, 6.45) is 0.378. The topological polar surface area (TPSA) is 117 Å². The molecule has 0 amide bonds. The number of aromatic amines is 1. The molecule has 3 heterocycles. The van der Waals surface area contributed by atoms with Crippen molar-refractivity contribution in [1.82, 2.24) is 20.1 Å². The number of rotatable bonds is 2. The number of aromatic nitrogens is 3. The number of hydrogen-bond acceptors (Lipinski definition) is 6. The van der Waals surface area contributed by atoms with E-state index in [0.29, 0.717) is 17.8 Å². The highest BCUT2D eigenvalue weighted by molar-refractivity contribution is 5.85. The molecular formula is C16H18N6O. The van der Waals surface area contributed by atoms with Gasteiger partial charge >= 0.3 is 0 Å². The molecule has 6 N–H and O–H groups in total. The zero-order chi connectivity index (χ0) is 16.0. The summed E-state index contributed by atoms with van der Waals surface area (Å²) in [6, 6.07) is 9.07. The summed E-state index contributed by atoms with van der Waals surface area (Å²) in [5.74, 6) is 0.191. The van der Waals surface area contributed by atoms with Gasteiger partial charge in [-0.25, -0.2) is 0 Å². The molecule has 0 saturated carbocycles. The highest BCUT2D eigenvalue weighted by Crippen LogP contribution is 2.32. The summed E-state index contributed by atoms with van der Waals surface area (Å²) in [4.78, 5) is 5.35. The molecule has 3 aromatic rings. The zero-order valence-corrected chi connectivity index (χ0v) is 12.5. The van der Waals surface area contributed by atoms with Crippen LogP contribution in [0.1, 0.15) is 11.3 Å². The number of para-hydroxylation sites is 1. The number of phenols is 1. The van der Waals surface area contributed by atoms with Crippen LogP contribution in [0.25, 0.3) is 22.3 Å². The number of benzene rings is 1. The first-order valence-electron chi connectivity index (χ1n) is 7.54. The Kier molecular flexibility index (Phi) is 3.26. The van der Waals surface area contributed by atoms with E-state index in [0.717, 1.165) is 35.3 Å². The summed E-state index contributed by atoms with van der Waals surface area (Å²) in [5.41, 5.74) is 16.0. The lowest BCUT2D eigenvalue weighted by molar-refractivity contribution is 0.186. The molecule has 2 aromatic heterocycles. The van der Waals surface area contributed by atoms with Gasteiger partial charge in [-0.2, -0.15) is 0 Å². The number of phenolic OH excluding ortho intramolecular Hbond substituents is 1. The Morgan fingerprint density at radius 1 is 1.22 bits per heavy atom. The molecule has 23 heavy (non-hydrogen) atoms. The Bertz CT molecular complexity index is 872. The predicted octanol–water partition coefficient (Wildman–Crippen LogP) is 0.890. The van der Waals surface area contributed by atoms with E-state index in [9.17, 15) is 5.11 Å². The van der Waals surface area contributed by atoms with Crippen molar-refractivity contribution in [2.75, 3.05) is 6.54 Å². The van der Waals surface area contributed by atoms with Gasteiger partial charge in [0, 0.05) is 36.2 Å². The first kappa shape index (κ1) is 14.1. The van der Waals surface area contributed by atoms with Gasteiger partial charge < -0.3 is 21.6 Å². The number of H-pyrrole nitrogens is 1. The molecule has 0 aliphatic carbocycles.